The topological polar surface area (TPSA) is 119 Å². The van der Waals surface area contributed by atoms with E-state index in [4.69, 9.17) is 9.84 Å². The minimum absolute atomic E-state index is 0.0934. The third-order valence-corrected chi connectivity index (χ3v) is 2.92. The molecule has 0 radical (unpaired) electrons. The third-order valence-electron chi connectivity index (χ3n) is 2.92. The monoisotopic (exact) mass is 269 g/mol. The fourth-order valence-electron chi connectivity index (χ4n) is 1.84. The molecule has 0 saturated carbocycles. The van der Waals surface area contributed by atoms with E-state index in [1.807, 2.05) is 0 Å². The van der Waals surface area contributed by atoms with Gasteiger partial charge < -0.3 is 30.5 Å². The van der Waals surface area contributed by atoms with E-state index in [1.165, 1.54) is 12.1 Å². The van der Waals surface area contributed by atoms with E-state index in [0.29, 0.717) is 5.69 Å². The minimum Gasteiger partial charge on any atom is -0.478 e. The van der Waals surface area contributed by atoms with E-state index in [2.05, 4.69) is 5.32 Å². The Hall–Kier alpha value is -1.67. The molecule has 0 aliphatic carbocycles. The molecular formula is C12H15NO6. The number of carboxylic acid groups (broad SMARTS) is 1. The van der Waals surface area contributed by atoms with Gasteiger partial charge in [-0.05, 0) is 18.2 Å². The highest BCUT2D eigenvalue weighted by Crippen LogP contribution is 2.19. The Morgan fingerprint density at radius 3 is 2.68 bits per heavy atom. The summed E-state index contributed by atoms with van der Waals surface area (Å²) in [6, 6.07) is 5.98. The van der Waals surface area contributed by atoms with E-state index >= 15 is 0 Å². The van der Waals surface area contributed by atoms with Crippen LogP contribution in [0.1, 0.15) is 10.4 Å². The Labute approximate surface area is 109 Å². The molecule has 1 aliphatic rings. The molecule has 1 heterocycles. The second-order valence-corrected chi connectivity index (χ2v) is 4.33. The molecule has 0 aromatic heterocycles. The number of ether oxygens (including phenoxy) is 1. The van der Waals surface area contributed by atoms with Crippen LogP contribution >= 0.6 is 0 Å². The molecule has 0 spiro atoms. The third kappa shape index (κ3) is 3.02. The summed E-state index contributed by atoms with van der Waals surface area (Å²) in [6.07, 6.45) is -4.67. The number of benzene rings is 1. The van der Waals surface area contributed by atoms with Gasteiger partial charge in [0.15, 0.2) is 6.23 Å². The standard InChI is InChI=1S/C12H15NO6/c14-8-5-19-11(10(16)9(8)15)13-7-3-1-2-6(4-7)12(17)18/h1-4,8-11,13-16H,5H2,(H,17,18). The maximum absolute atomic E-state index is 10.8. The van der Waals surface area contributed by atoms with Gasteiger partial charge >= 0.3 is 5.97 Å². The van der Waals surface area contributed by atoms with Crippen LogP contribution in [0.3, 0.4) is 0 Å². The Bertz CT molecular complexity index is 465. The lowest BCUT2D eigenvalue weighted by atomic mass is 10.0. The van der Waals surface area contributed by atoms with Crippen molar-refractivity contribution in [3.05, 3.63) is 29.8 Å². The summed E-state index contributed by atoms with van der Waals surface area (Å²) in [5.41, 5.74) is 0.531. The first-order valence-corrected chi connectivity index (χ1v) is 5.74. The summed E-state index contributed by atoms with van der Waals surface area (Å²) >= 11 is 0. The van der Waals surface area contributed by atoms with E-state index < -0.39 is 30.5 Å². The number of aromatic carboxylic acids is 1. The second-order valence-electron chi connectivity index (χ2n) is 4.33. The van der Waals surface area contributed by atoms with E-state index in [1.54, 1.807) is 12.1 Å². The fraction of sp³-hybridized carbons (Fsp3) is 0.417. The largest absolute Gasteiger partial charge is 0.478 e. The number of aliphatic hydroxyl groups is 3. The Kier molecular flexibility index (Phi) is 4.01. The number of nitrogens with one attached hydrogen (secondary N) is 1. The molecule has 1 aliphatic heterocycles. The highest BCUT2D eigenvalue weighted by Gasteiger charge is 2.37. The van der Waals surface area contributed by atoms with Crippen LogP contribution in [0, 0.1) is 0 Å². The molecule has 2 rings (SSSR count). The number of carbonyl (C=O) groups is 1. The molecule has 7 heteroatoms. The van der Waals surface area contributed by atoms with Crippen LogP contribution in [-0.2, 0) is 4.74 Å². The highest BCUT2D eigenvalue weighted by molar-refractivity contribution is 5.88. The molecule has 7 nitrogen and oxygen atoms in total. The molecule has 1 fully saturated rings. The highest BCUT2D eigenvalue weighted by atomic mass is 16.5. The van der Waals surface area contributed by atoms with Gasteiger partial charge in [-0.2, -0.15) is 0 Å². The van der Waals surface area contributed by atoms with Gasteiger partial charge in [0.25, 0.3) is 0 Å². The van der Waals surface area contributed by atoms with Gasteiger partial charge in [-0.3, -0.25) is 0 Å². The van der Waals surface area contributed by atoms with Crippen LogP contribution in [0.15, 0.2) is 24.3 Å². The quantitative estimate of drug-likeness (QED) is 0.489. The predicted molar refractivity (Wildman–Crippen MR) is 64.8 cm³/mol. The number of hydrogen-bond donors (Lipinski definition) is 5. The molecule has 104 valence electrons. The van der Waals surface area contributed by atoms with E-state index in [-0.39, 0.29) is 12.2 Å². The summed E-state index contributed by atoms with van der Waals surface area (Å²) in [6.45, 7) is -0.117. The van der Waals surface area contributed by atoms with Crippen LogP contribution in [0.4, 0.5) is 5.69 Å². The van der Waals surface area contributed by atoms with Crippen LogP contribution in [0.5, 0.6) is 0 Å². The molecule has 19 heavy (non-hydrogen) atoms. The molecule has 0 bridgehead atoms. The Morgan fingerprint density at radius 2 is 2.00 bits per heavy atom. The maximum Gasteiger partial charge on any atom is 0.335 e. The zero-order chi connectivity index (χ0) is 14.0. The second kappa shape index (κ2) is 5.54. The number of anilines is 1. The predicted octanol–water partition coefficient (Wildman–Crippen LogP) is -0.764. The summed E-state index contributed by atoms with van der Waals surface area (Å²) in [5, 5.41) is 40.2. The average Bonchev–Trinajstić information content (AvgIpc) is 2.40. The van der Waals surface area contributed by atoms with Gasteiger partial charge in [0, 0.05) is 5.69 Å². The van der Waals surface area contributed by atoms with Crippen LogP contribution in [0.2, 0.25) is 0 Å². The van der Waals surface area contributed by atoms with Gasteiger partial charge in [-0.25, -0.2) is 4.79 Å². The lowest BCUT2D eigenvalue weighted by molar-refractivity contribution is -0.178. The van der Waals surface area contributed by atoms with Crippen LogP contribution in [0.25, 0.3) is 0 Å². The zero-order valence-electron chi connectivity index (χ0n) is 9.93. The molecule has 4 unspecified atom stereocenters. The normalized spacial score (nSPS) is 30.9. The molecule has 5 N–H and O–H groups in total. The molecular weight excluding hydrogens is 254 g/mol. The first-order valence-electron chi connectivity index (χ1n) is 5.74. The van der Waals surface area contributed by atoms with Gasteiger partial charge in [0.1, 0.15) is 18.3 Å². The van der Waals surface area contributed by atoms with E-state index in [0.717, 1.165) is 0 Å². The summed E-state index contributed by atoms with van der Waals surface area (Å²) < 4.78 is 5.16. The van der Waals surface area contributed by atoms with Crippen molar-refractivity contribution in [1.82, 2.24) is 0 Å². The van der Waals surface area contributed by atoms with Gasteiger partial charge in [-0.1, -0.05) is 6.07 Å². The number of aliphatic hydroxyl groups excluding tert-OH is 3. The number of hydrogen-bond acceptors (Lipinski definition) is 6. The first kappa shape index (κ1) is 13.8. The molecule has 1 saturated heterocycles. The first-order chi connectivity index (χ1) is 8.99. The van der Waals surface area contributed by atoms with Crippen LogP contribution < -0.4 is 5.32 Å². The van der Waals surface area contributed by atoms with Crippen molar-refractivity contribution >= 4 is 11.7 Å². The number of rotatable bonds is 3. The summed E-state index contributed by atoms with van der Waals surface area (Å²) in [5.74, 6) is -1.07. The van der Waals surface area contributed by atoms with Crippen molar-refractivity contribution in [2.45, 2.75) is 24.5 Å². The smallest absolute Gasteiger partial charge is 0.335 e. The molecule has 0 amide bonds. The minimum atomic E-state index is -1.31. The van der Waals surface area contributed by atoms with Crippen molar-refractivity contribution in [2.24, 2.45) is 0 Å². The lowest BCUT2D eigenvalue weighted by Crippen LogP contribution is -2.55. The molecule has 4 atom stereocenters. The van der Waals surface area contributed by atoms with Gasteiger partial charge in [0.05, 0.1) is 12.2 Å². The Balaban J connectivity index is 2.09. The van der Waals surface area contributed by atoms with Crippen molar-refractivity contribution in [1.29, 1.82) is 0 Å². The summed E-state index contributed by atoms with van der Waals surface area (Å²) in [7, 11) is 0. The summed E-state index contributed by atoms with van der Waals surface area (Å²) in [4.78, 5) is 10.8. The van der Waals surface area contributed by atoms with Gasteiger partial charge in [-0.15, -0.1) is 0 Å². The molecule has 1 aromatic rings. The Morgan fingerprint density at radius 1 is 1.26 bits per heavy atom. The average molecular weight is 269 g/mol. The molecule has 1 aromatic carbocycles. The van der Waals surface area contributed by atoms with Crippen molar-refractivity contribution in [3.63, 3.8) is 0 Å². The van der Waals surface area contributed by atoms with E-state index in [9.17, 15) is 20.1 Å². The lowest BCUT2D eigenvalue weighted by Gasteiger charge is -2.35. The van der Waals surface area contributed by atoms with Crippen molar-refractivity contribution in [2.75, 3.05) is 11.9 Å². The number of carboxylic acids is 1. The zero-order valence-corrected chi connectivity index (χ0v) is 9.93. The van der Waals surface area contributed by atoms with Crippen molar-refractivity contribution in [3.8, 4) is 0 Å². The SMILES string of the molecule is O=C(O)c1cccc(NC2OCC(O)C(O)C2O)c1. The fourth-order valence-corrected chi connectivity index (χ4v) is 1.84. The van der Waals surface area contributed by atoms with Crippen LogP contribution in [-0.4, -0.2) is 57.5 Å². The van der Waals surface area contributed by atoms with Crippen molar-refractivity contribution < 1.29 is 30.0 Å². The maximum atomic E-state index is 10.8. The van der Waals surface area contributed by atoms with Gasteiger partial charge in [0.2, 0.25) is 0 Å².